The third-order valence-electron chi connectivity index (χ3n) is 8.47. The zero-order chi connectivity index (χ0) is 33.1. The number of halogens is 3. The highest BCUT2D eigenvalue weighted by atomic mass is 79.9. The summed E-state index contributed by atoms with van der Waals surface area (Å²) in [4.78, 5) is 32.0. The zero-order valence-electron chi connectivity index (χ0n) is 26.3. The van der Waals surface area contributed by atoms with Crippen LogP contribution in [0, 0.1) is 0 Å². The number of carbonyl (C=O) groups excluding carboxylic acids is 2. The van der Waals surface area contributed by atoms with Crippen LogP contribution >= 0.6 is 39.1 Å². The van der Waals surface area contributed by atoms with Crippen LogP contribution < -0.4 is 24.3 Å². The Kier molecular flexibility index (Phi) is 10.5. The lowest BCUT2D eigenvalue weighted by molar-refractivity contribution is -0.134. The Labute approximate surface area is 292 Å². The number of anilines is 3. The quantitative estimate of drug-likeness (QED) is 0.234. The minimum atomic E-state index is -0.630. The Hall–Kier alpha value is -3.51. The summed E-state index contributed by atoms with van der Waals surface area (Å²) in [5.74, 6) is 0.795. The van der Waals surface area contributed by atoms with Crippen LogP contribution in [-0.4, -0.2) is 75.5 Å². The maximum atomic E-state index is 13.2. The number of hydrogen-bond acceptors (Lipinski definition) is 9. The third kappa shape index (κ3) is 7.18. The van der Waals surface area contributed by atoms with E-state index in [4.69, 9.17) is 42.5 Å². The molecule has 3 aliphatic rings. The van der Waals surface area contributed by atoms with E-state index < -0.39 is 6.17 Å². The molecule has 3 heterocycles. The second-order valence-corrected chi connectivity index (χ2v) is 13.2. The lowest BCUT2D eigenvalue weighted by atomic mass is 10.1. The van der Waals surface area contributed by atoms with Gasteiger partial charge in [-0.2, -0.15) is 0 Å². The molecule has 2 saturated heterocycles. The lowest BCUT2D eigenvalue weighted by Crippen LogP contribution is -2.39. The number of morpholine rings is 1. The molecule has 248 valence electrons. The number of methoxy groups -OCH3 is 1. The highest BCUT2D eigenvalue weighted by molar-refractivity contribution is 9.10. The molecule has 3 aromatic carbocycles. The molecule has 0 bridgehead atoms. The molecule has 2 fully saturated rings. The summed E-state index contributed by atoms with van der Waals surface area (Å²) >= 11 is 16.8. The Morgan fingerprint density at radius 3 is 2.32 bits per heavy atom. The number of amidine groups is 1. The fourth-order valence-electron chi connectivity index (χ4n) is 6.12. The van der Waals surface area contributed by atoms with Crippen molar-refractivity contribution in [3.63, 3.8) is 0 Å². The number of piperidine rings is 1. The number of ketones is 1. The molecular formula is C34H36BrCl2N5O5. The van der Waals surface area contributed by atoms with Crippen LogP contribution in [0.1, 0.15) is 37.9 Å². The fraction of sp³-hybridized carbons (Fsp3) is 0.382. The Balaban J connectivity index is 1.39. The molecule has 10 nitrogen and oxygen atoms in total. The number of likely N-dealkylation sites (tertiary alicyclic amines) is 1. The van der Waals surface area contributed by atoms with Gasteiger partial charge in [0.15, 0.2) is 35.9 Å². The first-order valence-corrected chi connectivity index (χ1v) is 17.1. The van der Waals surface area contributed by atoms with Gasteiger partial charge in [0.05, 0.1) is 41.2 Å². The third-order valence-corrected chi connectivity index (χ3v) is 9.62. The molecule has 47 heavy (non-hydrogen) atoms. The van der Waals surface area contributed by atoms with Crippen molar-refractivity contribution in [1.82, 2.24) is 4.90 Å². The predicted octanol–water partition coefficient (Wildman–Crippen LogP) is 6.92. The van der Waals surface area contributed by atoms with Gasteiger partial charge in [0.25, 0.3) is 5.91 Å². The average Bonchev–Trinajstić information content (AvgIpc) is 3.49. The van der Waals surface area contributed by atoms with Gasteiger partial charge in [-0.25, -0.2) is 5.01 Å². The van der Waals surface area contributed by atoms with Crippen molar-refractivity contribution < 1.29 is 23.8 Å². The number of hydrogen-bond donors (Lipinski definition) is 0. The fourth-order valence-corrected chi connectivity index (χ4v) is 7.11. The van der Waals surface area contributed by atoms with Gasteiger partial charge in [0.2, 0.25) is 0 Å². The molecule has 0 N–H and O–H groups in total. The van der Waals surface area contributed by atoms with Crippen molar-refractivity contribution in [2.75, 3.05) is 67.9 Å². The molecule has 13 heteroatoms. The minimum absolute atomic E-state index is 0.0597. The molecule has 0 spiro atoms. The van der Waals surface area contributed by atoms with Gasteiger partial charge in [-0.3, -0.25) is 14.5 Å². The van der Waals surface area contributed by atoms with Gasteiger partial charge in [0.1, 0.15) is 0 Å². The van der Waals surface area contributed by atoms with Gasteiger partial charge in [-0.15, -0.1) is 5.10 Å². The average molecular weight is 746 g/mol. The molecule has 0 radical (unpaired) electrons. The SMILES string of the molecule is COc1cc(C2N(c3ccc(Cl)cc3)N=C(C(C)=O)N2c2ccc(N3CCOCC3)c(Cl)c2)cc(Br)c1OCC(=O)N1CCCCC1. The minimum Gasteiger partial charge on any atom is -0.493 e. The van der Waals surface area contributed by atoms with Crippen LogP contribution in [0.2, 0.25) is 10.0 Å². The van der Waals surface area contributed by atoms with E-state index in [1.807, 2.05) is 52.3 Å². The first kappa shape index (κ1) is 33.4. The normalized spacial score (nSPS) is 18.3. The van der Waals surface area contributed by atoms with Crippen LogP contribution in [0.25, 0.3) is 0 Å². The summed E-state index contributed by atoms with van der Waals surface area (Å²) in [6, 6.07) is 16.8. The monoisotopic (exact) mass is 743 g/mol. The molecule has 0 aromatic heterocycles. The van der Waals surface area contributed by atoms with Crippen molar-refractivity contribution in [3.05, 3.63) is 74.7 Å². The molecule has 1 atom stereocenters. The van der Waals surface area contributed by atoms with Gasteiger partial charge in [-0.05, 0) is 89.8 Å². The van der Waals surface area contributed by atoms with Crippen molar-refractivity contribution >= 4 is 73.7 Å². The van der Waals surface area contributed by atoms with E-state index in [1.54, 1.807) is 24.3 Å². The van der Waals surface area contributed by atoms with Crippen LogP contribution in [0.15, 0.2) is 64.2 Å². The predicted molar refractivity (Wildman–Crippen MR) is 188 cm³/mol. The Bertz CT molecular complexity index is 1660. The molecule has 0 aliphatic carbocycles. The molecule has 6 rings (SSSR count). The summed E-state index contributed by atoms with van der Waals surface area (Å²) < 4.78 is 18.0. The lowest BCUT2D eigenvalue weighted by Gasteiger charge is -2.34. The van der Waals surface area contributed by atoms with E-state index in [9.17, 15) is 9.59 Å². The number of benzene rings is 3. The van der Waals surface area contributed by atoms with Crippen LogP contribution in [0.3, 0.4) is 0 Å². The number of carbonyl (C=O) groups is 2. The second-order valence-electron chi connectivity index (χ2n) is 11.5. The van der Waals surface area contributed by atoms with E-state index in [-0.39, 0.29) is 24.1 Å². The number of rotatable bonds is 9. The van der Waals surface area contributed by atoms with Gasteiger partial charge in [0, 0.05) is 49.4 Å². The number of nitrogens with zero attached hydrogens (tertiary/aromatic N) is 5. The Morgan fingerprint density at radius 2 is 1.66 bits per heavy atom. The van der Waals surface area contributed by atoms with E-state index in [0.717, 1.165) is 62.4 Å². The van der Waals surface area contributed by atoms with Gasteiger partial charge >= 0.3 is 0 Å². The summed E-state index contributed by atoms with van der Waals surface area (Å²) in [7, 11) is 1.55. The molecular weight excluding hydrogens is 709 g/mol. The van der Waals surface area contributed by atoms with E-state index >= 15 is 0 Å². The number of Topliss-reactive ketones (excluding diaryl/α,β-unsaturated/α-hetero) is 1. The summed E-state index contributed by atoms with van der Waals surface area (Å²) in [6.45, 7) is 5.61. The van der Waals surface area contributed by atoms with Crippen molar-refractivity contribution in [1.29, 1.82) is 0 Å². The number of amides is 1. The van der Waals surface area contributed by atoms with Crippen molar-refractivity contribution in [2.45, 2.75) is 32.4 Å². The largest absolute Gasteiger partial charge is 0.493 e. The van der Waals surface area contributed by atoms with Crippen molar-refractivity contribution in [3.8, 4) is 11.5 Å². The maximum absolute atomic E-state index is 13.2. The molecule has 0 saturated carbocycles. The topological polar surface area (TPSA) is 87.1 Å². The van der Waals surface area contributed by atoms with Crippen LogP contribution in [0.4, 0.5) is 17.1 Å². The number of ether oxygens (including phenoxy) is 3. The summed E-state index contributed by atoms with van der Waals surface area (Å²) in [5, 5.41) is 7.75. The van der Waals surface area contributed by atoms with Crippen LogP contribution in [-0.2, 0) is 14.3 Å². The zero-order valence-corrected chi connectivity index (χ0v) is 29.4. The highest BCUT2D eigenvalue weighted by Gasteiger charge is 2.40. The van der Waals surface area contributed by atoms with E-state index in [1.165, 1.54) is 6.92 Å². The van der Waals surface area contributed by atoms with E-state index in [2.05, 4.69) is 20.8 Å². The summed E-state index contributed by atoms with van der Waals surface area (Å²) in [6.07, 6.45) is 2.51. The Morgan fingerprint density at radius 1 is 0.957 bits per heavy atom. The molecule has 1 unspecified atom stereocenters. The molecule has 1 amide bonds. The number of hydrazone groups is 1. The van der Waals surface area contributed by atoms with Gasteiger partial charge in [-0.1, -0.05) is 23.2 Å². The van der Waals surface area contributed by atoms with E-state index in [0.29, 0.717) is 44.9 Å². The molecule has 3 aromatic rings. The van der Waals surface area contributed by atoms with Crippen molar-refractivity contribution in [2.24, 2.45) is 5.10 Å². The highest BCUT2D eigenvalue weighted by Crippen LogP contribution is 2.45. The second kappa shape index (κ2) is 14.7. The smallest absolute Gasteiger partial charge is 0.260 e. The maximum Gasteiger partial charge on any atom is 0.260 e. The van der Waals surface area contributed by atoms with Gasteiger partial charge < -0.3 is 24.0 Å². The summed E-state index contributed by atoms with van der Waals surface area (Å²) in [5.41, 5.74) is 3.05. The first-order valence-electron chi connectivity index (χ1n) is 15.6. The first-order chi connectivity index (χ1) is 22.7. The standard InChI is InChI=1S/C34H36BrCl2N5O5/c1-22(43)33-38-42(25-8-6-24(36)7-9-25)34(41(33)26-10-11-29(28(37)20-26)39-14-16-46-17-15-39)23-18-27(35)32(30(19-23)45-2)47-21-31(44)40-12-4-3-5-13-40/h6-11,18-20,34H,3-5,12-17,21H2,1-2H3. The molecule has 3 aliphatic heterocycles. The van der Waals surface area contributed by atoms with Crippen LogP contribution in [0.5, 0.6) is 11.5 Å².